The normalized spacial score (nSPS) is 11.6. The van der Waals surface area contributed by atoms with E-state index in [1.54, 1.807) is 19.2 Å². The Morgan fingerprint density at radius 3 is 2.48 bits per heavy atom. The Labute approximate surface area is 139 Å². The topological polar surface area (TPSA) is 45.7 Å². The van der Waals surface area contributed by atoms with Gasteiger partial charge in [-0.1, -0.05) is 25.1 Å². The van der Waals surface area contributed by atoms with Crippen molar-refractivity contribution in [2.24, 2.45) is 4.99 Å². The summed E-state index contributed by atoms with van der Waals surface area (Å²) in [6, 6.07) is 6.01. The molecule has 0 amide bonds. The highest BCUT2D eigenvalue weighted by Gasteiger charge is 2.31. The molecule has 120 valence electrons. The number of ether oxygens (including phenoxy) is 1. The van der Waals surface area contributed by atoms with E-state index >= 15 is 0 Å². The van der Waals surface area contributed by atoms with Gasteiger partial charge in [-0.3, -0.25) is 4.99 Å². The molecule has 0 unspecified atom stereocenters. The SMILES string of the molecule is CCCNC(=NC)NCc1ccccc1OC(F)(F)F.I. The lowest BCUT2D eigenvalue weighted by molar-refractivity contribution is -0.274. The summed E-state index contributed by atoms with van der Waals surface area (Å²) in [5, 5.41) is 5.97. The molecule has 21 heavy (non-hydrogen) atoms. The Balaban J connectivity index is 0.00000400. The van der Waals surface area contributed by atoms with Crippen molar-refractivity contribution in [3.8, 4) is 5.75 Å². The van der Waals surface area contributed by atoms with Gasteiger partial charge in [0.2, 0.25) is 0 Å². The van der Waals surface area contributed by atoms with Crippen LogP contribution in [0.3, 0.4) is 0 Å². The highest BCUT2D eigenvalue weighted by atomic mass is 127. The third-order valence-electron chi connectivity index (χ3n) is 2.41. The van der Waals surface area contributed by atoms with Crippen molar-refractivity contribution in [1.29, 1.82) is 0 Å². The van der Waals surface area contributed by atoms with Crippen LogP contribution >= 0.6 is 24.0 Å². The first kappa shape index (κ1) is 19.8. The Morgan fingerprint density at radius 2 is 1.90 bits per heavy atom. The van der Waals surface area contributed by atoms with Crippen LogP contribution in [0.1, 0.15) is 18.9 Å². The number of guanidine groups is 1. The zero-order valence-electron chi connectivity index (χ0n) is 11.8. The van der Waals surface area contributed by atoms with Gasteiger partial charge in [-0.2, -0.15) is 0 Å². The summed E-state index contributed by atoms with van der Waals surface area (Å²) in [6.07, 6.45) is -3.77. The fourth-order valence-electron chi connectivity index (χ4n) is 1.52. The van der Waals surface area contributed by atoms with Gasteiger partial charge in [-0.25, -0.2) is 0 Å². The Morgan fingerprint density at radius 1 is 1.24 bits per heavy atom. The van der Waals surface area contributed by atoms with Crippen LogP contribution in [0.25, 0.3) is 0 Å². The molecule has 0 saturated heterocycles. The molecule has 4 nitrogen and oxygen atoms in total. The molecule has 0 aliphatic carbocycles. The van der Waals surface area contributed by atoms with Crippen molar-refractivity contribution in [2.75, 3.05) is 13.6 Å². The van der Waals surface area contributed by atoms with Gasteiger partial charge in [-0.15, -0.1) is 37.1 Å². The zero-order valence-corrected chi connectivity index (χ0v) is 14.2. The van der Waals surface area contributed by atoms with Crippen molar-refractivity contribution >= 4 is 29.9 Å². The number of hydrogen-bond acceptors (Lipinski definition) is 2. The summed E-state index contributed by atoms with van der Waals surface area (Å²) >= 11 is 0. The summed E-state index contributed by atoms with van der Waals surface area (Å²) in [5.74, 6) is 0.326. The summed E-state index contributed by atoms with van der Waals surface area (Å²) in [4.78, 5) is 3.98. The van der Waals surface area contributed by atoms with Crippen LogP contribution in [-0.2, 0) is 6.54 Å². The minimum absolute atomic E-state index is 0. The summed E-state index contributed by atoms with van der Waals surface area (Å²) < 4.78 is 40.8. The van der Waals surface area contributed by atoms with Gasteiger partial charge in [0.1, 0.15) is 5.75 Å². The third-order valence-corrected chi connectivity index (χ3v) is 2.41. The van der Waals surface area contributed by atoms with E-state index in [9.17, 15) is 13.2 Å². The van der Waals surface area contributed by atoms with Crippen molar-refractivity contribution in [3.05, 3.63) is 29.8 Å². The molecule has 0 atom stereocenters. The van der Waals surface area contributed by atoms with Crippen molar-refractivity contribution in [1.82, 2.24) is 10.6 Å². The molecule has 1 aromatic carbocycles. The van der Waals surface area contributed by atoms with Gasteiger partial charge in [0.25, 0.3) is 0 Å². The molecular weight excluding hydrogens is 398 g/mol. The van der Waals surface area contributed by atoms with E-state index in [-0.39, 0.29) is 36.3 Å². The van der Waals surface area contributed by atoms with Crippen LogP contribution in [0, 0.1) is 0 Å². The molecule has 1 aromatic rings. The largest absolute Gasteiger partial charge is 0.573 e. The maximum atomic E-state index is 12.3. The highest BCUT2D eigenvalue weighted by Crippen LogP contribution is 2.25. The molecule has 0 aromatic heterocycles. The van der Waals surface area contributed by atoms with E-state index in [0.717, 1.165) is 13.0 Å². The summed E-state index contributed by atoms with van der Waals surface area (Å²) in [5.41, 5.74) is 0.407. The van der Waals surface area contributed by atoms with Gasteiger partial charge < -0.3 is 15.4 Å². The van der Waals surface area contributed by atoms with Crippen LogP contribution in [0.4, 0.5) is 13.2 Å². The second-order valence-electron chi connectivity index (χ2n) is 4.01. The highest BCUT2D eigenvalue weighted by molar-refractivity contribution is 14.0. The smallest absolute Gasteiger partial charge is 0.405 e. The monoisotopic (exact) mass is 417 g/mol. The van der Waals surface area contributed by atoms with E-state index in [0.29, 0.717) is 11.5 Å². The average molecular weight is 417 g/mol. The van der Waals surface area contributed by atoms with Crippen LogP contribution in [0.5, 0.6) is 5.75 Å². The Kier molecular flexibility index (Phi) is 9.14. The van der Waals surface area contributed by atoms with E-state index in [2.05, 4.69) is 20.4 Å². The summed E-state index contributed by atoms with van der Waals surface area (Å²) in [6.45, 7) is 2.93. The maximum absolute atomic E-state index is 12.3. The molecule has 0 spiro atoms. The van der Waals surface area contributed by atoms with E-state index < -0.39 is 6.36 Å². The number of aliphatic imine (C=N–C) groups is 1. The van der Waals surface area contributed by atoms with E-state index in [4.69, 9.17) is 0 Å². The number of para-hydroxylation sites is 1. The molecule has 0 aliphatic heterocycles. The standard InChI is InChI=1S/C13H18F3N3O.HI/c1-3-8-18-12(17-2)19-9-10-6-4-5-7-11(10)20-13(14,15)16;/h4-7H,3,8-9H2,1-2H3,(H2,17,18,19);1H. The van der Waals surface area contributed by atoms with Crippen molar-refractivity contribution in [2.45, 2.75) is 26.3 Å². The first-order chi connectivity index (χ1) is 9.46. The van der Waals surface area contributed by atoms with Gasteiger partial charge in [0, 0.05) is 25.7 Å². The van der Waals surface area contributed by atoms with Crippen LogP contribution in [0.15, 0.2) is 29.3 Å². The predicted molar refractivity (Wildman–Crippen MR) is 87.0 cm³/mol. The van der Waals surface area contributed by atoms with Gasteiger partial charge in [-0.05, 0) is 12.5 Å². The Bertz CT molecular complexity index is 453. The fourth-order valence-corrected chi connectivity index (χ4v) is 1.52. The molecule has 0 heterocycles. The molecule has 2 N–H and O–H groups in total. The fraction of sp³-hybridized carbons (Fsp3) is 0.462. The summed E-state index contributed by atoms with van der Waals surface area (Å²) in [7, 11) is 1.60. The van der Waals surface area contributed by atoms with E-state index in [1.807, 2.05) is 6.92 Å². The second kappa shape index (κ2) is 9.69. The molecule has 0 saturated carbocycles. The number of halogens is 4. The quantitative estimate of drug-likeness (QED) is 0.439. The number of nitrogens with zero attached hydrogens (tertiary/aromatic N) is 1. The Hall–Kier alpha value is -1.19. The molecule has 0 aliphatic rings. The molecular formula is C13H19F3IN3O. The minimum Gasteiger partial charge on any atom is -0.405 e. The molecule has 0 fully saturated rings. The van der Waals surface area contributed by atoms with Crippen molar-refractivity contribution < 1.29 is 17.9 Å². The molecule has 0 radical (unpaired) electrons. The van der Waals surface area contributed by atoms with Crippen LogP contribution in [-0.4, -0.2) is 25.9 Å². The van der Waals surface area contributed by atoms with Crippen molar-refractivity contribution in [3.63, 3.8) is 0 Å². The zero-order chi connectivity index (χ0) is 15.0. The van der Waals surface area contributed by atoms with Gasteiger partial charge >= 0.3 is 6.36 Å². The van der Waals surface area contributed by atoms with Gasteiger partial charge in [0.05, 0.1) is 0 Å². The first-order valence-corrected chi connectivity index (χ1v) is 6.24. The lowest BCUT2D eigenvalue weighted by atomic mass is 10.2. The van der Waals surface area contributed by atoms with Gasteiger partial charge in [0.15, 0.2) is 5.96 Å². The average Bonchev–Trinajstić information content (AvgIpc) is 2.39. The maximum Gasteiger partial charge on any atom is 0.573 e. The third kappa shape index (κ3) is 7.98. The van der Waals surface area contributed by atoms with E-state index in [1.165, 1.54) is 12.1 Å². The van der Waals surface area contributed by atoms with Crippen LogP contribution < -0.4 is 15.4 Å². The number of nitrogens with one attached hydrogen (secondary N) is 2. The molecule has 8 heteroatoms. The lowest BCUT2D eigenvalue weighted by Crippen LogP contribution is -2.37. The number of hydrogen-bond donors (Lipinski definition) is 2. The molecule has 1 rings (SSSR count). The number of alkyl halides is 3. The lowest BCUT2D eigenvalue weighted by Gasteiger charge is -2.15. The minimum atomic E-state index is -4.70. The predicted octanol–water partition coefficient (Wildman–Crippen LogP) is 3.28. The number of benzene rings is 1. The molecule has 0 bridgehead atoms. The van der Waals surface area contributed by atoms with Crippen LogP contribution in [0.2, 0.25) is 0 Å². The number of rotatable bonds is 5. The first-order valence-electron chi connectivity index (χ1n) is 6.24. The second-order valence-corrected chi connectivity index (χ2v) is 4.01.